The van der Waals surface area contributed by atoms with Gasteiger partial charge in [0.1, 0.15) is 0 Å². The second-order valence-corrected chi connectivity index (χ2v) is 2.30. The molecular formula is C11H14O2. The summed E-state index contributed by atoms with van der Waals surface area (Å²) < 4.78 is 0. The number of carbonyl (C=O) groups is 1. The molecule has 2 heteroatoms. The van der Waals surface area contributed by atoms with Gasteiger partial charge in [-0.05, 0) is 6.42 Å². The summed E-state index contributed by atoms with van der Waals surface area (Å²) in [6.45, 7) is 2.07. The van der Waals surface area contributed by atoms with E-state index in [0.717, 1.165) is 12.5 Å². The average Bonchev–Trinajstić information content (AvgIpc) is 2.09. The van der Waals surface area contributed by atoms with Crippen molar-refractivity contribution >= 4 is 5.97 Å². The van der Waals surface area contributed by atoms with Gasteiger partial charge in [-0.15, -0.1) is 0 Å². The van der Waals surface area contributed by atoms with Crippen molar-refractivity contribution in [3.63, 3.8) is 0 Å². The Labute approximate surface area is 78.6 Å². The molecule has 2 nitrogen and oxygen atoms in total. The Morgan fingerprint density at radius 3 is 2.15 bits per heavy atom. The van der Waals surface area contributed by atoms with Gasteiger partial charge >= 0.3 is 5.97 Å². The number of carboxylic acids is 1. The molecule has 0 aromatic rings. The van der Waals surface area contributed by atoms with Crippen molar-refractivity contribution in [1.29, 1.82) is 0 Å². The predicted octanol–water partition coefficient (Wildman–Crippen LogP) is 2.71. The van der Waals surface area contributed by atoms with Crippen molar-refractivity contribution in [1.82, 2.24) is 0 Å². The minimum atomic E-state index is -0.931. The number of hydrogen-bond donors (Lipinski definition) is 1. The fraction of sp³-hybridized carbons (Fsp3) is 0.182. The molecule has 0 amide bonds. The molecule has 0 spiro atoms. The van der Waals surface area contributed by atoms with Gasteiger partial charge in [0, 0.05) is 6.08 Å². The topological polar surface area (TPSA) is 37.3 Å². The molecule has 0 unspecified atom stereocenters. The van der Waals surface area contributed by atoms with Crippen LogP contribution in [-0.2, 0) is 4.79 Å². The smallest absolute Gasteiger partial charge is 0.328 e. The van der Waals surface area contributed by atoms with E-state index < -0.39 is 5.97 Å². The van der Waals surface area contributed by atoms with Gasteiger partial charge < -0.3 is 5.11 Å². The average molecular weight is 178 g/mol. The summed E-state index contributed by atoms with van der Waals surface area (Å²) in [6.07, 6.45) is 14.8. The van der Waals surface area contributed by atoms with E-state index in [0.29, 0.717) is 0 Å². The lowest BCUT2D eigenvalue weighted by molar-refractivity contribution is -0.131. The monoisotopic (exact) mass is 178 g/mol. The van der Waals surface area contributed by atoms with E-state index in [1.54, 1.807) is 12.2 Å². The van der Waals surface area contributed by atoms with Gasteiger partial charge in [0.2, 0.25) is 0 Å². The van der Waals surface area contributed by atoms with Gasteiger partial charge in [0.15, 0.2) is 0 Å². The number of hydrogen-bond acceptors (Lipinski definition) is 1. The minimum absolute atomic E-state index is 0.931. The van der Waals surface area contributed by atoms with Crippen molar-refractivity contribution in [3.05, 3.63) is 48.6 Å². The van der Waals surface area contributed by atoms with E-state index >= 15 is 0 Å². The zero-order valence-corrected chi connectivity index (χ0v) is 7.68. The molecular weight excluding hydrogens is 164 g/mol. The lowest BCUT2D eigenvalue weighted by Crippen LogP contribution is -1.84. The standard InChI is InChI=1S/C11H14O2/c1-2-3-4-5-6-7-8-9-10-11(12)13/h3-10H,2H2,1H3,(H,12,13). The molecule has 0 aliphatic heterocycles. The van der Waals surface area contributed by atoms with Gasteiger partial charge in [0.25, 0.3) is 0 Å². The largest absolute Gasteiger partial charge is 0.478 e. The molecule has 0 rings (SSSR count). The third kappa shape index (κ3) is 10.4. The SMILES string of the molecule is CCC=CC=CC=CC=CC(=O)O. The summed E-state index contributed by atoms with van der Waals surface area (Å²) in [5, 5.41) is 8.24. The molecule has 0 atom stereocenters. The maximum absolute atomic E-state index is 10.0. The van der Waals surface area contributed by atoms with Gasteiger partial charge in [-0.3, -0.25) is 0 Å². The zero-order chi connectivity index (χ0) is 9.94. The Morgan fingerprint density at radius 2 is 1.62 bits per heavy atom. The van der Waals surface area contributed by atoms with Crippen LogP contribution in [-0.4, -0.2) is 11.1 Å². The quantitative estimate of drug-likeness (QED) is 0.519. The van der Waals surface area contributed by atoms with Crippen LogP contribution >= 0.6 is 0 Å². The first kappa shape index (κ1) is 11.4. The lowest BCUT2D eigenvalue weighted by Gasteiger charge is -1.75. The van der Waals surface area contributed by atoms with Gasteiger partial charge in [-0.2, -0.15) is 0 Å². The molecule has 0 fully saturated rings. The first-order valence-corrected chi connectivity index (χ1v) is 4.17. The first-order valence-electron chi connectivity index (χ1n) is 4.17. The van der Waals surface area contributed by atoms with Crippen molar-refractivity contribution in [2.24, 2.45) is 0 Å². The van der Waals surface area contributed by atoms with E-state index in [-0.39, 0.29) is 0 Å². The molecule has 0 radical (unpaired) electrons. The Kier molecular flexibility index (Phi) is 7.50. The molecule has 0 heterocycles. The number of aliphatic carboxylic acids is 1. The van der Waals surface area contributed by atoms with E-state index in [1.165, 1.54) is 6.08 Å². The number of rotatable bonds is 5. The van der Waals surface area contributed by atoms with Crippen LogP contribution in [0.15, 0.2) is 48.6 Å². The second kappa shape index (κ2) is 8.53. The Bertz CT molecular complexity index is 245. The van der Waals surface area contributed by atoms with Crippen LogP contribution in [0.3, 0.4) is 0 Å². The molecule has 70 valence electrons. The summed E-state index contributed by atoms with van der Waals surface area (Å²) in [5.74, 6) is -0.931. The first-order chi connectivity index (χ1) is 6.27. The highest BCUT2D eigenvalue weighted by atomic mass is 16.4. The van der Waals surface area contributed by atoms with E-state index in [9.17, 15) is 4.79 Å². The zero-order valence-electron chi connectivity index (χ0n) is 7.68. The highest BCUT2D eigenvalue weighted by Crippen LogP contribution is 1.84. The molecule has 0 saturated heterocycles. The highest BCUT2D eigenvalue weighted by Gasteiger charge is 1.78. The molecule has 0 aliphatic rings. The Hall–Kier alpha value is -1.57. The Balaban J connectivity index is 3.69. The molecule has 13 heavy (non-hydrogen) atoms. The van der Waals surface area contributed by atoms with Crippen molar-refractivity contribution < 1.29 is 9.90 Å². The third-order valence-electron chi connectivity index (χ3n) is 1.17. The normalized spacial score (nSPS) is 12.7. The predicted molar refractivity (Wildman–Crippen MR) is 54.5 cm³/mol. The number of allylic oxidation sites excluding steroid dienone is 7. The second-order valence-electron chi connectivity index (χ2n) is 2.30. The molecule has 0 aromatic carbocycles. The highest BCUT2D eigenvalue weighted by molar-refractivity contribution is 5.80. The molecule has 0 aromatic heterocycles. The van der Waals surface area contributed by atoms with E-state index in [1.807, 2.05) is 24.3 Å². The number of carboxylic acid groups (broad SMARTS) is 1. The lowest BCUT2D eigenvalue weighted by atomic mass is 10.3. The fourth-order valence-corrected chi connectivity index (χ4v) is 0.609. The van der Waals surface area contributed by atoms with Crippen molar-refractivity contribution in [2.45, 2.75) is 13.3 Å². The molecule has 0 saturated carbocycles. The summed E-state index contributed by atoms with van der Waals surface area (Å²) in [6, 6.07) is 0. The summed E-state index contributed by atoms with van der Waals surface area (Å²) in [5.41, 5.74) is 0. The molecule has 0 bridgehead atoms. The molecule has 1 N–H and O–H groups in total. The van der Waals surface area contributed by atoms with Crippen LogP contribution in [0, 0.1) is 0 Å². The van der Waals surface area contributed by atoms with Gasteiger partial charge in [0.05, 0.1) is 0 Å². The van der Waals surface area contributed by atoms with Crippen LogP contribution in [0.2, 0.25) is 0 Å². The third-order valence-corrected chi connectivity index (χ3v) is 1.17. The fourth-order valence-electron chi connectivity index (χ4n) is 0.609. The van der Waals surface area contributed by atoms with E-state index in [2.05, 4.69) is 6.92 Å². The summed E-state index contributed by atoms with van der Waals surface area (Å²) in [7, 11) is 0. The Morgan fingerprint density at radius 1 is 1.08 bits per heavy atom. The van der Waals surface area contributed by atoms with Crippen molar-refractivity contribution in [3.8, 4) is 0 Å². The van der Waals surface area contributed by atoms with Gasteiger partial charge in [-0.1, -0.05) is 49.5 Å². The van der Waals surface area contributed by atoms with Crippen LogP contribution in [0.25, 0.3) is 0 Å². The molecule has 0 aliphatic carbocycles. The van der Waals surface area contributed by atoms with E-state index in [4.69, 9.17) is 5.11 Å². The van der Waals surface area contributed by atoms with Crippen LogP contribution < -0.4 is 0 Å². The van der Waals surface area contributed by atoms with Crippen LogP contribution in [0.4, 0.5) is 0 Å². The van der Waals surface area contributed by atoms with Gasteiger partial charge in [-0.25, -0.2) is 4.79 Å². The summed E-state index contributed by atoms with van der Waals surface area (Å²) in [4.78, 5) is 10.0. The maximum atomic E-state index is 10.0. The minimum Gasteiger partial charge on any atom is -0.478 e. The van der Waals surface area contributed by atoms with Crippen LogP contribution in [0.1, 0.15) is 13.3 Å². The van der Waals surface area contributed by atoms with Crippen molar-refractivity contribution in [2.75, 3.05) is 0 Å². The van der Waals surface area contributed by atoms with Crippen LogP contribution in [0.5, 0.6) is 0 Å². The summed E-state index contributed by atoms with van der Waals surface area (Å²) >= 11 is 0. The maximum Gasteiger partial charge on any atom is 0.328 e.